The van der Waals surface area contributed by atoms with Gasteiger partial charge in [0.05, 0.1) is 0 Å². The van der Waals surface area contributed by atoms with Gasteiger partial charge in [-0.15, -0.1) is 0 Å². The summed E-state index contributed by atoms with van der Waals surface area (Å²) in [6.45, 7) is 4.34. The number of hydrogen-bond acceptors (Lipinski definition) is 3. The van der Waals surface area contributed by atoms with Crippen LogP contribution in [0.3, 0.4) is 0 Å². The molecule has 2 aromatic carbocycles. The second kappa shape index (κ2) is 8.08. The zero-order valence-corrected chi connectivity index (χ0v) is 14.0. The van der Waals surface area contributed by atoms with Crippen LogP contribution in [0.1, 0.15) is 33.5 Å². The number of fused-ring (bicyclic) bond motifs is 1. The molecular weight excluding hydrogens is 298 g/mol. The number of amides is 1. The van der Waals surface area contributed by atoms with Crippen molar-refractivity contribution in [1.82, 2.24) is 10.2 Å². The van der Waals surface area contributed by atoms with Crippen LogP contribution in [-0.2, 0) is 19.5 Å². The minimum Gasteiger partial charge on any atom is -0.352 e. The summed E-state index contributed by atoms with van der Waals surface area (Å²) in [5.74, 6) is -0.0115. The molecule has 2 aromatic rings. The zero-order valence-electron chi connectivity index (χ0n) is 14.0. The minimum atomic E-state index is -0.0115. The fraction of sp³-hybridized carbons (Fsp3) is 0.350. The fourth-order valence-corrected chi connectivity index (χ4v) is 3.14. The van der Waals surface area contributed by atoms with Crippen molar-refractivity contribution in [3.05, 3.63) is 70.8 Å². The van der Waals surface area contributed by atoms with Crippen LogP contribution in [0.25, 0.3) is 0 Å². The monoisotopic (exact) mass is 323 g/mol. The summed E-state index contributed by atoms with van der Waals surface area (Å²) >= 11 is 0. The maximum absolute atomic E-state index is 12.1. The molecule has 0 saturated carbocycles. The Morgan fingerprint density at radius 3 is 2.58 bits per heavy atom. The number of nitrogens with two attached hydrogens (primary N) is 1. The van der Waals surface area contributed by atoms with Crippen LogP contribution in [0.15, 0.2) is 48.5 Å². The van der Waals surface area contributed by atoms with Gasteiger partial charge < -0.3 is 11.1 Å². The summed E-state index contributed by atoms with van der Waals surface area (Å²) in [7, 11) is 0. The van der Waals surface area contributed by atoms with E-state index >= 15 is 0 Å². The third-order valence-electron chi connectivity index (χ3n) is 4.60. The van der Waals surface area contributed by atoms with E-state index in [1.807, 2.05) is 24.3 Å². The second-order valence-corrected chi connectivity index (χ2v) is 6.31. The van der Waals surface area contributed by atoms with Crippen molar-refractivity contribution in [3.63, 3.8) is 0 Å². The third-order valence-corrected chi connectivity index (χ3v) is 4.60. The molecule has 1 heterocycles. The number of nitrogens with one attached hydrogen (secondary N) is 1. The molecule has 24 heavy (non-hydrogen) atoms. The molecule has 0 aliphatic carbocycles. The third kappa shape index (κ3) is 4.22. The van der Waals surface area contributed by atoms with Gasteiger partial charge in [-0.2, -0.15) is 0 Å². The Hall–Kier alpha value is -2.17. The van der Waals surface area contributed by atoms with Crippen molar-refractivity contribution < 1.29 is 4.79 Å². The predicted octanol–water partition coefficient (Wildman–Crippen LogP) is 2.32. The van der Waals surface area contributed by atoms with Crippen molar-refractivity contribution in [2.75, 3.05) is 19.6 Å². The Balaban J connectivity index is 1.40. The number of hydrogen-bond donors (Lipinski definition) is 2. The second-order valence-electron chi connectivity index (χ2n) is 6.31. The Morgan fingerprint density at radius 1 is 1.08 bits per heavy atom. The summed E-state index contributed by atoms with van der Waals surface area (Å²) in [6, 6.07) is 16.1. The molecular formula is C20H25N3O. The van der Waals surface area contributed by atoms with E-state index < -0.39 is 0 Å². The molecule has 0 radical (unpaired) electrons. The van der Waals surface area contributed by atoms with Gasteiger partial charge in [-0.05, 0) is 41.7 Å². The number of benzene rings is 2. The molecule has 0 unspecified atom stereocenters. The highest BCUT2D eigenvalue weighted by Gasteiger charge is 2.15. The quantitative estimate of drug-likeness (QED) is 0.802. The first-order valence-electron chi connectivity index (χ1n) is 8.62. The Kier molecular flexibility index (Phi) is 5.62. The normalized spacial score (nSPS) is 14.2. The first-order valence-corrected chi connectivity index (χ1v) is 8.62. The SMILES string of the molecule is NCc1ccc(C(=O)NCCCN2CCc3ccccc3C2)cc1. The van der Waals surface area contributed by atoms with E-state index in [1.165, 1.54) is 11.1 Å². The lowest BCUT2D eigenvalue weighted by Gasteiger charge is -2.28. The Morgan fingerprint density at radius 2 is 1.83 bits per heavy atom. The molecule has 0 saturated heterocycles. The smallest absolute Gasteiger partial charge is 0.251 e. The van der Waals surface area contributed by atoms with Crippen molar-refractivity contribution >= 4 is 5.91 Å². The van der Waals surface area contributed by atoms with E-state index in [0.717, 1.165) is 38.0 Å². The maximum atomic E-state index is 12.1. The highest BCUT2D eigenvalue weighted by Crippen LogP contribution is 2.18. The van der Waals surface area contributed by atoms with Crippen LogP contribution in [-0.4, -0.2) is 30.4 Å². The molecule has 126 valence electrons. The molecule has 1 aliphatic rings. The van der Waals surface area contributed by atoms with Gasteiger partial charge in [0.2, 0.25) is 0 Å². The number of rotatable bonds is 6. The van der Waals surface area contributed by atoms with E-state index in [4.69, 9.17) is 5.73 Å². The summed E-state index contributed by atoms with van der Waals surface area (Å²) in [6.07, 6.45) is 2.09. The minimum absolute atomic E-state index is 0.0115. The predicted molar refractivity (Wildman–Crippen MR) is 96.7 cm³/mol. The summed E-state index contributed by atoms with van der Waals surface area (Å²) in [5.41, 5.74) is 10.2. The standard InChI is InChI=1S/C20H25N3O/c21-14-16-6-8-18(9-7-16)20(24)22-11-3-12-23-13-10-17-4-1-2-5-19(17)15-23/h1-2,4-9H,3,10-15,21H2,(H,22,24). The van der Waals surface area contributed by atoms with E-state index in [-0.39, 0.29) is 5.91 Å². The molecule has 0 atom stereocenters. The van der Waals surface area contributed by atoms with Crippen LogP contribution in [0.4, 0.5) is 0 Å². The zero-order chi connectivity index (χ0) is 16.8. The molecule has 0 bridgehead atoms. The van der Waals surface area contributed by atoms with Crippen LogP contribution in [0.2, 0.25) is 0 Å². The topological polar surface area (TPSA) is 58.4 Å². The molecule has 0 aromatic heterocycles. The van der Waals surface area contributed by atoms with Crippen molar-refractivity contribution in [2.24, 2.45) is 5.73 Å². The van der Waals surface area contributed by atoms with Gasteiger partial charge >= 0.3 is 0 Å². The average Bonchev–Trinajstić information content (AvgIpc) is 2.65. The van der Waals surface area contributed by atoms with E-state index in [9.17, 15) is 4.79 Å². The number of carbonyl (C=O) groups excluding carboxylic acids is 1. The lowest BCUT2D eigenvalue weighted by molar-refractivity contribution is 0.0951. The fourth-order valence-electron chi connectivity index (χ4n) is 3.14. The van der Waals surface area contributed by atoms with Gasteiger partial charge in [0.15, 0.2) is 0 Å². The highest BCUT2D eigenvalue weighted by atomic mass is 16.1. The Bertz CT molecular complexity index is 682. The largest absolute Gasteiger partial charge is 0.352 e. The van der Waals surface area contributed by atoms with E-state index in [1.54, 1.807) is 0 Å². The van der Waals surface area contributed by atoms with Gasteiger partial charge in [-0.1, -0.05) is 36.4 Å². The molecule has 3 N–H and O–H groups in total. The lowest BCUT2D eigenvalue weighted by Crippen LogP contribution is -2.33. The first-order chi connectivity index (χ1) is 11.8. The molecule has 0 spiro atoms. The molecule has 3 rings (SSSR count). The maximum Gasteiger partial charge on any atom is 0.251 e. The van der Waals surface area contributed by atoms with E-state index in [0.29, 0.717) is 18.7 Å². The van der Waals surface area contributed by atoms with Gasteiger partial charge in [0.1, 0.15) is 0 Å². The highest BCUT2D eigenvalue weighted by molar-refractivity contribution is 5.94. The number of nitrogens with zero attached hydrogens (tertiary/aromatic N) is 1. The number of carbonyl (C=O) groups is 1. The Labute approximate surface area is 143 Å². The van der Waals surface area contributed by atoms with Crippen LogP contribution < -0.4 is 11.1 Å². The van der Waals surface area contributed by atoms with Gasteiger partial charge in [0, 0.05) is 38.3 Å². The summed E-state index contributed by atoms with van der Waals surface area (Å²) < 4.78 is 0. The lowest BCUT2D eigenvalue weighted by atomic mass is 10.00. The van der Waals surface area contributed by atoms with Crippen LogP contribution in [0.5, 0.6) is 0 Å². The molecule has 1 aliphatic heterocycles. The summed E-state index contributed by atoms with van der Waals surface area (Å²) in [4.78, 5) is 14.6. The molecule has 4 nitrogen and oxygen atoms in total. The van der Waals surface area contributed by atoms with Gasteiger partial charge in [-0.3, -0.25) is 9.69 Å². The van der Waals surface area contributed by atoms with Gasteiger partial charge in [-0.25, -0.2) is 0 Å². The van der Waals surface area contributed by atoms with Crippen LogP contribution >= 0.6 is 0 Å². The molecule has 1 amide bonds. The average molecular weight is 323 g/mol. The van der Waals surface area contributed by atoms with Crippen molar-refractivity contribution in [1.29, 1.82) is 0 Å². The molecule has 0 fully saturated rings. The van der Waals surface area contributed by atoms with E-state index in [2.05, 4.69) is 34.5 Å². The van der Waals surface area contributed by atoms with Crippen LogP contribution in [0, 0.1) is 0 Å². The summed E-state index contributed by atoms with van der Waals surface area (Å²) in [5, 5.41) is 3.00. The van der Waals surface area contributed by atoms with Crippen molar-refractivity contribution in [2.45, 2.75) is 25.9 Å². The van der Waals surface area contributed by atoms with Gasteiger partial charge in [0.25, 0.3) is 5.91 Å². The molecule has 4 heteroatoms. The first kappa shape index (κ1) is 16.7. The van der Waals surface area contributed by atoms with Crippen molar-refractivity contribution in [3.8, 4) is 0 Å².